The number of hydrogen-bond acceptors (Lipinski definition) is 21. The zero-order valence-corrected chi connectivity index (χ0v) is 39.4. The monoisotopic (exact) mass is 1010 g/mol. The molecule has 29 heteroatoms. The minimum absolute atomic E-state index is 0.00161. The van der Waals surface area contributed by atoms with Crippen molar-refractivity contribution in [2.24, 2.45) is 0 Å². The lowest BCUT2D eigenvalue weighted by Gasteiger charge is -2.42. The number of aliphatic hydroxyl groups is 7. The average Bonchev–Trinajstić information content (AvgIpc) is 3.85. The molecular formula is C38H68N4O23P2. The topological polar surface area (TPSA) is 389 Å². The number of phosphoric acid groups is 2. The van der Waals surface area contributed by atoms with Crippen LogP contribution in [0.5, 0.6) is 0 Å². The molecule has 67 heavy (non-hydrogen) atoms. The molecule has 4 heterocycles. The molecule has 0 aromatic rings. The van der Waals surface area contributed by atoms with Crippen molar-refractivity contribution in [3.63, 3.8) is 0 Å². The van der Waals surface area contributed by atoms with Gasteiger partial charge in [0, 0.05) is 53.0 Å². The Morgan fingerprint density at radius 3 is 1.54 bits per heavy atom. The van der Waals surface area contributed by atoms with Crippen LogP contribution in [0.25, 0.3) is 0 Å². The Kier molecular flexibility index (Phi) is 22.9. The molecule has 4 saturated heterocycles. The minimum atomic E-state index is -4.90. The first-order valence-electron chi connectivity index (χ1n) is 22.2. The van der Waals surface area contributed by atoms with E-state index in [0.717, 1.165) is 0 Å². The number of carbonyl (C=O) groups excluding carboxylic acids is 4. The molecule has 4 aliphatic rings. The Morgan fingerprint density at radius 1 is 0.642 bits per heavy atom. The molecule has 27 nitrogen and oxygen atoms in total. The van der Waals surface area contributed by atoms with Gasteiger partial charge in [-0.1, -0.05) is 0 Å². The van der Waals surface area contributed by atoms with Crippen LogP contribution in [0.15, 0.2) is 0 Å². The maximum atomic E-state index is 13.5. The summed E-state index contributed by atoms with van der Waals surface area (Å²) in [7, 11) is -9.42. The van der Waals surface area contributed by atoms with Crippen LogP contribution in [-0.4, -0.2) is 224 Å². The van der Waals surface area contributed by atoms with Crippen LogP contribution in [0.3, 0.4) is 0 Å². The highest BCUT2D eigenvalue weighted by atomic mass is 31.2. The van der Waals surface area contributed by atoms with Crippen molar-refractivity contribution in [3.8, 4) is 0 Å². The Balaban J connectivity index is 1.27. The number of β-amino-alcohol motifs (C(OH)–C–C–N with tert-alkyl or cyclic N) is 1. The van der Waals surface area contributed by atoms with Crippen molar-refractivity contribution < 1.29 is 111 Å². The quantitative estimate of drug-likeness (QED) is 0.0295. The highest BCUT2D eigenvalue weighted by molar-refractivity contribution is 7.47. The molecule has 0 aromatic carbocycles. The first-order chi connectivity index (χ1) is 31.6. The molecule has 4 aliphatic heterocycles. The number of aliphatic hydroxyl groups excluding tert-OH is 7. The van der Waals surface area contributed by atoms with E-state index >= 15 is 0 Å². The first kappa shape index (κ1) is 57.2. The van der Waals surface area contributed by atoms with Gasteiger partial charge >= 0.3 is 15.6 Å². The molecule has 0 spiro atoms. The van der Waals surface area contributed by atoms with E-state index in [1.54, 1.807) is 0 Å². The molecule has 4 amide bonds. The highest BCUT2D eigenvalue weighted by Crippen LogP contribution is 2.48. The van der Waals surface area contributed by atoms with Crippen molar-refractivity contribution in [1.29, 1.82) is 0 Å². The molecule has 0 bridgehead atoms. The molecule has 4 fully saturated rings. The van der Waals surface area contributed by atoms with E-state index in [1.807, 2.05) is 0 Å². The predicted molar refractivity (Wildman–Crippen MR) is 225 cm³/mol. The van der Waals surface area contributed by atoms with E-state index < -0.39 is 151 Å². The number of nitrogens with one attached hydrogen (secondary N) is 2. The van der Waals surface area contributed by atoms with Crippen LogP contribution in [-0.2, 0) is 65.4 Å². The van der Waals surface area contributed by atoms with E-state index in [0.29, 0.717) is 6.42 Å². The van der Waals surface area contributed by atoms with Crippen molar-refractivity contribution >= 4 is 39.3 Å². The lowest BCUT2D eigenvalue weighted by molar-refractivity contribution is -0.270. The van der Waals surface area contributed by atoms with Gasteiger partial charge in [0.25, 0.3) is 0 Å². The molecule has 11 N–H and O–H groups in total. The summed E-state index contributed by atoms with van der Waals surface area (Å²) in [6.45, 7) is 1.08. The molecule has 16 atom stereocenters. The van der Waals surface area contributed by atoms with Crippen LogP contribution >= 0.6 is 15.6 Å². The Hall–Kier alpha value is -2.34. The number of ether oxygens (including phenoxy) is 4. The number of unbranched alkanes of at least 4 members (excludes halogenated alkanes) is 2. The third-order valence-corrected chi connectivity index (χ3v) is 13.6. The summed E-state index contributed by atoms with van der Waals surface area (Å²) in [6.07, 6.45) is -12.1. The zero-order chi connectivity index (χ0) is 49.6. The molecule has 0 radical (unpaired) electrons. The summed E-state index contributed by atoms with van der Waals surface area (Å²) >= 11 is 0. The van der Waals surface area contributed by atoms with Gasteiger partial charge in [0.15, 0.2) is 12.6 Å². The van der Waals surface area contributed by atoms with Crippen LogP contribution in [0, 0.1) is 0 Å². The van der Waals surface area contributed by atoms with E-state index in [2.05, 4.69) is 10.6 Å². The van der Waals surface area contributed by atoms with Crippen LogP contribution in [0.1, 0.15) is 72.1 Å². The molecule has 4 rings (SSSR count). The largest absolute Gasteiger partial charge is 0.472 e. The molecule has 0 aromatic heterocycles. The van der Waals surface area contributed by atoms with Gasteiger partial charge in [-0.25, -0.2) is 9.13 Å². The maximum absolute atomic E-state index is 13.5. The lowest BCUT2D eigenvalue weighted by atomic mass is 9.97. The summed E-state index contributed by atoms with van der Waals surface area (Å²) in [5.74, 6) is -1.93. The summed E-state index contributed by atoms with van der Waals surface area (Å²) in [5.41, 5.74) is 0. The average molecular weight is 1010 g/mol. The summed E-state index contributed by atoms with van der Waals surface area (Å²) in [4.78, 5) is 73.5. The lowest BCUT2D eigenvalue weighted by Crippen LogP contribution is -2.64. The predicted octanol–water partition coefficient (Wildman–Crippen LogP) is -3.53. The van der Waals surface area contributed by atoms with Crippen LogP contribution in [0.4, 0.5) is 0 Å². The number of carbonyl (C=O) groups is 4. The second-order valence-corrected chi connectivity index (χ2v) is 19.6. The summed E-state index contributed by atoms with van der Waals surface area (Å²) in [6, 6.07) is -4.03. The normalized spacial score (nSPS) is 34.1. The SMILES string of the molecule is CCOP(=O)(O)OC[C@@H]1C[C@@H](OP(=O)(O)OC[C@@H]2C[C@@H](O)CN2C(=O)CCCCOC2OC(CO)C(O)C(O)C2NC(C)=O)CN1C(=O)CCCCOC1OC(CO)C(O)C(O)C1NC(C)=O. The Bertz CT molecular complexity index is 1710. The van der Waals surface area contributed by atoms with Gasteiger partial charge in [0.2, 0.25) is 23.6 Å². The zero-order valence-electron chi connectivity index (χ0n) is 37.6. The van der Waals surface area contributed by atoms with Gasteiger partial charge in [-0.05, 0) is 45.4 Å². The highest BCUT2D eigenvalue weighted by Gasteiger charge is 2.47. The Morgan fingerprint density at radius 2 is 1.09 bits per heavy atom. The molecule has 388 valence electrons. The van der Waals surface area contributed by atoms with E-state index in [1.165, 1.54) is 30.6 Å². The number of nitrogens with zero attached hydrogens (tertiary/aromatic N) is 2. The number of rotatable bonds is 26. The van der Waals surface area contributed by atoms with E-state index in [4.69, 9.17) is 37.0 Å². The number of amides is 4. The van der Waals surface area contributed by atoms with Gasteiger partial charge in [-0.15, -0.1) is 0 Å². The minimum Gasteiger partial charge on any atom is -0.394 e. The molecule has 0 aliphatic carbocycles. The third kappa shape index (κ3) is 17.2. The van der Waals surface area contributed by atoms with Crippen molar-refractivity contribution in [2.45, 2.75) is 158 Å². The van der Waals surface area contributed by atoms with Crippen LogP contribution < -0.4 is 10.6 Å². The standard InChI is InChI=1S/C38H68N4O23P2/c1-4-60-66(54,55)61-20-24-14-26(16-42(24)30(49)10-6-8-12-59-38-32(40-22(3)46)36(53)34(51)28(18-44)64-38)65-67(56,57)62-19-23-13-25(47)15-41(23)29(48)9-5-7-11-58-37-31(39-21(2)45)35(52)33(50)27(17-43)63-37/h23-28,31-38,43-44,47,50-53H,4-20H2,1-3H3,(H,39,45)(H,40,46)(H,54,55)(H,56,57)/t23-,24-,25+,26+,27?,28?,31?,32?,33?,34?,35?,36?,37?,38?/m0/s1. The maximum Gasteiger partial charge on any atom is 0.472 e. The molecular weight excluding hydrogens is 942 g/mol. The smallest absolute Gasteiger partial charge is 0.394 e. The molecule has 0 saturated carbocycles. The summed E-state index contributed by atoms with van der Waals surface area (Å²) < 4.78 is 68.6. The van der Waals surface area contributed by atoms with Gasteiger partial charge in [0.05, 0.1) is 57.3 Å². The Labute approximate surface area is 387 Å². The van der Waals surface area contributed by atoms with Gasteiger partial charge in [0.1, 0.15) is 48.7 Å². The first-order valence-corrected chi connectivity index (χ1v) is 25.2. The number of likely N-dealkylation sites (tertiary alicyclic amines) is 2. The van der Waals surface area contributed by atoms with Gasteiger partial charge < -0.3 is 84.9 Å². The van der Waals surface area contributed by atoms with Crippen molar-refractivity contribution in [1.82, 2.24) is 20.4 Å². The van der Waals surface area contributed by atoms with Crippen LogP contribution in [0.2, 0.25) is 0 Å². The van der Waals surface area contributed by atoms with Gasteiger partial charge in [-0.2, -0.15) is 0 Å². The fourth-order valence-electron chi connectivity index (χ4n) is 8.22. The second kappa shape index (κ2) is 26.8. The number of phosphoric ester groups is 2. The van der Waals surface area contributed by atoms with Gasteiger partial charge in [-0.3, -0.25) is 37.3 Å². The fraction of sp³-hybridized carbons (Fsp3) is 0.895. The second-order valence-electron chi connectivity index (χ2n) is 16.7. The van der Waals surface area contributed by atoms with Crippen molar-refractivity contribution in [2.75, 3.05) is 59.3 Å². The molecule has 12 unspecified atom stereocenters. The van der Waals surface area contributed by atoms with E-state index in [9.17, 15) is 73.8 Å². The number of hydrogen-bond donors (Lipinski definition) is 11. The van der Waals surface area contributed by atoms with E-state index in [-0.39, 0.29) is 77.9 Å². The fourth-order valence-corrected chi connectivity index (χ4v) is 9.93. The summed E-state index contributed by atoms with van der Waals surface area (Å²) in [5, 5.41) is 75.7. The third-order valence-electron chi connectivity index (χ3n) is 11.5. The van der Waals surface area contributed by atoms with Crippen molar-refractivity contribution in [3.05, 3.63) is 0 Å².